The molecule has 1 aromatic rings. The van der Waals surface area contributed by atoms with Crippen LogP contribution in [0.1, 0.15) is 36.7 Å². The van der Waals surface area contributed by atoms with E-state index in [1.54, 1.807) is 6.07 Å². The zero-order chi connectivity index (χ0) is 14.3. The van der Waals surface area contributed by atoms with Crippen molar-refractivity contribution in [2.75, 3.05) is 13.2 Å². The second-order valence-corrected chi connectivity index (χ2v) is 4.80. The number of nitrogens with zero attached hydrogens (tertiary/aromatic N) is 1. The fraction of sp³-hybridized carbons (Fsp3) is 0.467. The van der Waals surface area contributed by atoms with E-state index in [0.717, 1.165) is 5.56 Å². The van der Waals surface area contributed by atoms with Crippen molar-refractivity contribution in [1.29, 1.82) is 0 Å². The molecule has 0 aliphatic heterocycles. The highest BCUT2D eigenvalue weighted by Crippen LogP contribution is 2.03. The summed E-state index contributed by atoms with van der Waals surface area (Å²) < 4.78 is 5.33. The van der Waals surface area contributed by atoms with Crippen LogP contribution >= 0.6 is 0 Å². The minimum Gasteiger partial charge on any atom is -0.465 e. The molecule has 1 amide bonds. The fourth-order valence-electron chi connectivity index (χ4n) is 1.48. The molecule has 19 heavy (non-hydrogen) atoms. The number of rotatable bonds is 4. The largest absolute Gasteiger partial charge is 0.465 e. The maximum absolute atomic E-state index is 12.1. The van der Waals surface area contributed by atoms with E-state index in [-0.39, 0.29) is 5.91 Å². The average molecular weight is 262 g/mol. The molecule has 0 bridgehead atoms. The van der Waals surface area contributed by atoms with Gasteiger partial charge in [-0.05, 0) is 31.9 Å². The highest BCUT2D eigenvalue weighted by molar-refractivity contribution is 6.04. The zero-order valence-electron chi connectivity index (χ0n) is 12.1. The second-order valence-electron chi connectivity index (χ2n) is 4.80. The maximum Gasteiger partial charge on any atom is 0.291 e. The first-order chi connectivity index (χ1) is 9.02. The van der Waals surface area contributed by atoms with Gasteiger partial charge in [0, 0.05) is 12.1 Å². The summed E-state index contributed by atoms with van der Waals surface area (Å²) in [7, 11) is 0. The van der Waals surface area contributed by atoms with Gasteiger partial charge in [0.25, 0.3) is 11.9 Å². The van der Waals surface area contributed by atoms with Crippen molar-refractivity contribution in [2.45, 2.75) is 27.7 Å². The molecular formula is C15H22N2O2. The van der Waals surface area contributed by atoms with E-state index in [4.69, 9.17) is 4.74 Å². The predicted octanol–water partition coefficient (Wildman–Crippen LogP) is 2.77. The summed E-state index contributed by atoms with van der Waals surface area (Å²) in [5, 5.41) is 2.71. The number of benzene rings is 1. The SMILES string of the molecule is CCOC(=NCC(C)C)NC(=O)c1cccc(C)c1. The van der Waals surface area contributed by atoms with Crippen LogP contribution in [0.2, 0.25) is 0 Å². The Morgan fingerprint density at radius 3 is 2.74 bits per heavy atom. The lowest BCUT2D eigenvalue weighted by molar-refractivity contribution is 0.0966. The number of hydrogen-bond acceptors (Lipinski definition) is 3. The van der Waals surface area contributed by atoms with Crippen molar-refractivity contribution in [1.82, 2.24) is 5.32 Å². The molecule has 0 aromatic heterocycles. The number of carbonyl (C=O) groups is 1. The van der Waals surface area contributed by atoms with E-state index < -0.39 is 0 Å². The lowest BCUT2D eigenvalue weighted by atomic mass is 10.1. The summed E-state index contributed by atoms with van der Waals surface area (Å²) in [5.41, 5.74) is 1.65. The number of carbonyl (C=O) groups excluding carboxylic acids is 1. The van der Waals surface area contributed by atoms with Gasteiger partial charge in [-0.15, -0.1) is 0 Å². The summed E-state index contributed by atoms with van der Waals surface area (Å²) in [6.45, 7) is 9.05. The van der Waals surface area contributed by atoms with Crippen molar-refractivity contribution in [3.05, 3.63) is 35.4 Å². The summed E-state index contributed by atoms with van der Waals surface area (Å²) in [4.78, 5) is 16.3. The van der Waals surface area contributed by atoms with Gasteiger partial charge in [-0.2, -0.15) is 0 Å². The molecule has 0 heterocycles. The number of aliphatic imine (C=N–C) groups is 1. The fourth-order valence-corrected chi connectivity index (χ4v) is 1.48. The van der Waals surface area contributed by atoms with Crippen LogP contribution in [-0.2, 0) is 4.74 Å². The minimum atomic E-state index is -0.195. The number of amidine groups is 1. The normalized spacial score (nSPS) is 11.5. The molecule has 4 nitrogen and oxygen atoms in total. The van der Waals surface area contributed by atoms with Gasteiger partial charge in [-0.25, -0.2) is 4.99 Å². The zero-order valence-corrected chi connectivity index (χ0v) is 12.1. The van der Waals surface area contributed by atoms with Crippen LogP contribution in [0, 0.1) is 12.8 Å². The van der Waals surface area contributed by atoms with Crippen LogP contribution in [0.3, 0.4) is 0 Å². The summed E-state index contributed by atoms with van der Waals surface area (Å²) in [5.74, 6) is 0.228. The molecule has 1 aromatic carbocycles. The monoisotopic (exact) mass is 262 g/mol. The lowest BCUT2D eigenvalue weighted by Crippen LogP contribution is -2.33. The molecule has 0 saturated carbocycles. The van der Waals surface area contributed by atoms with E-state index in [2.05, 4.69) is 24.2 Å². The summed E-state index contributed by atoms with van der Waals surface area (Å²) >= 11 is 0. The molecule has 1 N–H and O–H groups in total. The Balaban J connectivity index is 2.73. The Morgan fingerprint density at radius 1 is 1.42 bits per heavy atom. The van der Waals surface area contributed by atoms with Crippen LogP contribution in [0.25, 0.3) is 0 Å². The Kier molecular flexibility index (Phi) is 6.06. The molecule has 0 atom stereocenters. The number of aryl methyl sites for hydroxylation is 1. The van der Waals surface area contributed by atoms with E-state index in [9.17, 15) is 4.79 Å². The second kappa shape index (κ2) is 7.56. The van der Waals surface area contributed by atoms with Crippen LogP contribution in [0.5, 0.6) is 0 Å². The summed E-state index contributed by atoms with van der Waals surface area (Å²) in [6, 6.07) is 7.71. The van der Waals surface area contributed by atoms with Gasteiger partial charge in [0.2, 0.25) is 0 Å². The molecule has 0 fully saturated rings. The standard InChI is InChI=1S/C15H22N2O2/c1-5-19-15(16-10-11(2)3)17-14(18)13-8-6-7-12(4)9-13/h6-9,11H,5,10H2,1-4H3,(H,16,17,18). The van der Waals surface area contributed by atoms with E-state index in [1.807, 2.05) is 32.0 Å². The molecular weight excluding hydrogens is 240 g/mol. The van der Waals surface area contributed by atoms with Gasteiger partial charge in [0.05, 0.1) is 6.61 Å². The molecule has 0 spiro atoms. The maximum atomic E-state index is 12.1. The molecule has 104 valence electrons. The smallest absolute Gasteiger partial charge is 0.291 e. The third-order valence-electron chi connectivity index (χ3n) is 2.38. The Bertz CT molecular complexity index is 453. The molecule has 1 rings (SSSR count). The van der Waals surface area contributed by atoms with E-state index >= 15 is 0 Å². The van der Waals surface area contributed by atoms with Gasteiger partial charge in [0.1, 0.15) is 0 Å². The van der Waals surface area contributed by atoms with Crippen molar-refractivity contribution in [2.24, 2.45) is 10.9 Å². The third-order valence-corrected chi connectivity index (χ3v) is 2.38. The van der Waals surface area contributed by atoms with Gasteiger partial charge in [-0.3, -0.25) is 10.1 Å². The highest BCUT2D eigenvalue weighted by atomic mass is 16.5. The van der Waals surface area contributed by atoms with Crippen LogP contribution < -0.4 is 5.32 Å². The quantitative estimate of drug-likeness (QED) is 0.670. The van der Waals surface area contributed by atoms with Gasteiger partial charge in [-0.1, -0.05) is 31.5 Å². The van der Waals surface area contributed by atoms with Gasteiger partial charge < -0.3 is 4.74 Å². The third kappa shape index (κ3) is 5.55. The predicted molar refractivity (Wildman–Crippen MR) is 77.4 cm³/mol. The van der Waals surface area contributed by atoms with E-state index in [0.29, 0.717) is 30.7 Å². The van der Waals surface area contributed by atoms with Crippen LogP contribution in [-0.4, -0.2) is 25.1 Å². The van der Waals surface area contributed by atoms with Crippen molar-refractivity contribution < 1.29 is 9.53 Å². The number of nitrogens with one attached hydrogen (secondary N) is 1. The first-order valence-corrected chi connectivity index (χ1v) is 6.58. The molecule has 0 aliphatic rings. The molecule has 0 aliphatic carbocycles. The number of hydrogen-bond donors (Lipinski definition) is 1. The van der Waals surface area contributed by atoms with Crippen LogP contribution in [0.15, 0.2) is 29.3 Å². The lowest BCUT2D eigenvalue weighted by Gasteiger charge is -2.10. The van der Waals surface area contributed by atoms with Gasteiger partial charge in [0.15, 0.2) is 0 Å². The Morgan fingerprint density at radius 2 is 2.16 bits per heavy atom. The molecule has 0 radical (unpaired) electrons. The molecule has 0 saturated heterocycles. The van der Waals surface area contributed by atoms with E-state index in [1.165, 1.54) is 0 Å². The average Bonchev–Trinajstić information content (AvgIpc) is 2.36. The van der Waals surface area contributed by atoms with Crippen molar-refractivity contribution >= 4 is 11.9 Å². The Hall–Kier alpha value is -1.84. The summed E-state index contributed by atoms with van der Waals surface area (Å²) in [6.07, 6.45) is 0. The highest BCUT2D eigenvalue weighted by Gasteiger charge is 2.09. The molecule has 0 unspecified atom stereocenters. The van der Waals surface area contributed by atoms with Crippen LogP contribution in [0.4, 0.5) is 0 Å². The molecule has 4 heteroatoms. The first-order valence-electron chi connectivity index (χ1n) is 6.58. The van der Waals surface area contributed by atoms with Crippen molar-refractivity contribution in [3.8, 4) is 0 Å². The first kappa shape index (κ1) is 15.2. The topological polar surface area (TPSA) is 50.7 Å². The number of amides is 1. The van der Waals surface area contributed by atoms with Gasteiger partial charge >= 0.3 is 0 Å². The Labute approximate surface area is 114 Å². The number of ether oxygens (including phenoxy) is 1. The minimum absolute atomic E-state index is 0.195. The van der Waals surface area contributed by atoms with Crippen molar-refractivity contribution in [3.63, 3.8) is 0 Å².